The van der Waals surface area contributed by atoms with E-state index in [1.165, 1.54) is 12.1 Å². The Kier molecular flexibility index (Phi) is 4.58. The average Bonchev–Trinajstić information content (AvgIpc) is 2.93. The molecule has 2 aromatic rings. The molecule has 142 valence electrons. The van der Waals surface area contributed by atoms with Crippen molar-refractivity contribution in [2.45, 2.75) is 39.2 Å². The standard InChI is InChI=1S/C21H24FN3O2/c1-3-8-25-16-6-4-14(20(25)26)11-24(12-16)21(27)18-9-13(2)23-19-10-15(22)5-7-17(18)19/h5,7,9-10,14,16H,3-4,6,8,11-12H2,1-2H3. The van der Waals surface area contributed by atoms with Gasteiger partial charge in [-0.05, 0) is 44.4 Å². The zero-order valence-corrected chi connectivity index (χ0v) is 15.7. The van der Waals surface area contributed by atoms with Crippen molar-refractivity contribution in [3.05, 3.63) is 41.3 Å². The van der Waals surface area contributed by atoms with E-state index in [-0.39, 0.29) is 29.6 Å². The monoisotopic (exact) mass is 369 g/mol. The Labute approximate surface area is 158 Å². The number of benzene rings is 1. The maximum atomic E-state index is 13.6. The van der Waals surface area contributed by atoms with Crippen molar-refractivity contribution >= 4 is 22.7 Å². The Morgan fingerprint density at radius 3 is 2.85 bits per heavy atom. The smallest absolute Gasteiger partial charge is 0.254 e. The van der Waals surface area contributed by atoms with Gasteiger partial charge in [0.05, 0.1) is 17.0 Å². The summed E-state index contributed by atoms with van der Waals surface area (Å²) in [6, 6.07) is 6.19. The van der Waals surface area contributed by atoms with E-state index in [9.17, 15) is 14.0 Å². The van der Waals surface area contributed by atoms with Crippen LogP contribution in [0.3, 0.4) is 0 Å². The van der Waals surface area contributed by atoms with Crippen molar-refractivity contribution < 1.29 is 14.0 Å². The highest BCUT2D eigenvalue weighted by atomic mass is 19.1. The van der Waals surface area contributed by atoms with Crippen LogP contribution >= 0.6 is 0 Å². The number of aryl methyl sites for hydroxylation is 1. The number of piperidine rings is 1. The lowest BCUT2D eigenvalue weighted by molar-refractivity contribution is -0.139. The lowest BCUT2D eigenvalue weighted by atomic mass is 9.94. The van der Waals surface area contributed by atoms with Gasteiger partial charge in [0, 0.05) is 42.8 Å². The van der Waals surface area contributed by atoms with Crippen LogP contribution in [0.1, 0.15) is 42.2 Å². The van der Waals surface area contributed by atoms with Crippen molar-refractivity contribution in [3.8, 4) is 0 Å². The molecule has 1 aromatic carbocycles. The van der Waals surface area contributed by atoms with Gasteiger partial charge in [-0.2, -0.15) is 0 Å². The third kappa shape index (κ3) is 3.17. The number of hydrogen-bond acceptors (Lipinski definition) is 3. The number of aromatic nitrogens is 1. The van der Waals surface area contributed by atoms with E-state index in [0.717, 1.165) is 25.8 Å². The molecule has 1 aromatic heterocycles. The highest BCUT2D eigenvalue weighted by molar-refractivity contribution is 6.06. The average molecular weight is 369 g/mol. The molecular weight excluding hydrogens is 345 g/mol. The fourth-order valence-corrected chi connectivity index (χ4v) is 4.42. The van der Waals surface area contributed by atoms with E-state index in [2.05, 4.69) is 11.9 Å². The van der Waals surface area contributed by atoms with Crippen LogP contribution in [0.4, 0.5) is 4.39 Å². The van der Waals surface area contributed by atoms with E-state index in [1.54, 1.807) is 19.1 Å². The molecule has 0 radical (unpaired) electrons. The van der Waals surface area contributed by atoms with Crippen LogP contribution in [0.5, 0.6) is 0 Å². The molecule has 2 atom stereocenters. The summed E-state index contributed by atoms with van der Waals surface area (Å²) in [7, 11) is 0. The molecule has 0 saturated carbocycles. The van der Waals surface area contributed by atoms with E-state index in [0.29, 0.717) is 35.2 Å². The minimum atomic E-state index is -0.368. The van der Waals surface area contributed by atoms with Gasteiger partial charge in [-0.3, -0.25) is 14.6 Å². The van der Waals surface area contributed by atoms with Crippen molar-refractivity contribution in [1.29, 1.82) is 0 Å². The van der Waals surface area contributed by atoms with Crippen LogP contribution in [0, 0.1) is 18.7 Å². The third-order valence-corrected chi connectivity index (χ3v) is 5.68. The van der Waals surface area contributed by atoms with Crippen molar-refractivity contribution in [2.75, 3.05) is 19.6 Å². The summed E-state index contributed by atoms with van der Waals surface area (Å²) < 4.78 is 13.6. The molecule has 0 aliphatic carbocycles. The van der Waals surface area contributed by atoms with E-state index < -0.39 is 0 Å². The maximum absolute atomic E-state index is 13.6. The number of halogens is 1. The SMILES string of the molecule is CCCN1C(=O)C2CCC1CN(C(=O)c1cc(C)nc3cc(F)ccc13)C2. The first-order valence-corrected chi connectivity index (χ1v) is 9.64. The summed E-state index contributed by atoms with van der Waals surface area (Å²) in [6.45, 7) is 5.64. The van der Waals surface area contributed by atoms with Gasteiger partial charge in [0.25, 0.3) is 5.91 Å². The minimum Gasteiger partial charge on any atom is -0.338 e. The number of pyridine rings is 1. The number of hydrogen-bond donors (Lipinski definition) is 0. The molecule has 0 spiro atoms. The Morgan fingerprint density at radius 1 is 1.26 bits per heavy atom. The first-order chi connectivity index (χ1) is 13.0. The van der Waals surface area contributed by atoms with Gasteiger partial charge < -0.3 is 9.80 Å². The van der Waals surface area contributed by atoms with Crippen LogP contribution in [-0.2, 0) is 4.79 Å². The lowest BCUT2D eigenvalue weighted by Crippen LogP contribution is -2.48. The Bertz CT molecular complexity index is 908. The minimum absolute atomic E-state index is 0.0896. The van der Waals surface area contributed by atoms with Gasteiger partial charge in [0.1, 0.15) is 5.82 Å². The van der Waals surface area contributed by atoms with Gasteiger partial charge in [-0.15, -0.1) is 0 Å². The molecule has 0 N–H and O–H groups in total. The Balaban J connectivity index is 1.70. The molecule has 2 unspecified atom stereocenters. The fourth-order valence-electron chi connectivity index (χ4n) is 4.42. The van der Waals surface area contributed by atoms with Crippen LogP contribution < -0.4 is 0 Å². The first-order valence-electron chi connectivity index (χ1n) is 9.64. The van der Waals surface area contributed by atoms with Gasteiger partial charge >= 0.3 is 0 Å². The summed E-state index contributed by atoms with van der Waals surface area (Å²) in [6.07, 6.45) is 2.71. The van der Waals surface area contributed by atoms with Crippen LogP contribution in [0.2, 0.25) is 0 Å². The van der Waals surface area contributed by atoms with Crippen LogP contribution in [-0.4, -0.2) is 52.3 Å². The van der Waals surface area contributed by atoms with Crippen molar-refractivity contribution in [2.24, 2.45) is 5.92 Å². The molecule has 2 bridgehead atoms. The predicted molar refractivity (Wildman–Crippen MR) is 101 cm³/mol. The Hall–Kier alpha value is -2.50. The van der Waals surface area contributed by atoms with Gasteiger partial charge in [0.15, 0.2) is 0 Å². The second-order valence-electron chi connectivity index (χ2n) is 7.64. The normalized spacial score (nSPS) is 22.4. The number of fused-ring (bicyclic) bond motifs is 5. The molecular formula is C21H24FN3O2. The summed E-state index contributed by atoms with van der Waals surface area (Å²) in [4.78, 5) is 34.2. The summed E-state index contributed by atoms with van der Waals surface area (Å²) in [5.74, 6) is -0.403. The molecule has 3 aliphatic rings. The summed E-state index contributed by atoms with van der Waals surface area (Å²) in [5.41, 5.74) is 1.70. The molecule has 2 amide bonds. The zero-order valence-electron chi connectivity index (χ0n) is 15.7. The highest BCUT2D eigenvalue weighted by Gasteiger charge is 2.41. The zero-order chi connectivity index (χ0) is 19.1. The van der Waals surface area contributed by atoms with Crippen LogP contribution in [0.15, 0.2) is 24.3 Å². The lowest BCUT2D eigenvalue weighted by Gasteiger charge is -2.35. The van der Waals surface area contributed by atoms with E-state index in [1.807, 2.05) is 9.80 Å². The van der Waals surface area contributed by atoms with Gasteiger partial charge in [0.2, 0.25) is 5.91 Å². The second kappa shape index (κ2) is 6.91. The second-order valence-corrected chi connectivity index (χ2v) is 7.64. The summed E-state index contributed by atoms with van der Waals surface area (Å²) >= 11 is 0. The Morgan fingerprint density at radius 2 is 2.07 bits per heavy atom. The van der Waals surface area contributed by atoms with Crippen LogP contribution in [0.25, 0.3) is 10.9 Å². The molecule has 3 aliphatic heterocycles. The van der Waals surface area contributed by atoms with Crippen molar-refractivity contribution in [3.63, 3.8) is 0 Å². The van der Waals surface area contributed by atoms with Gasteiger partial charge in [-0.25, -0.2) is 4.39 Å². The van der Waals surface area contributed by atoms with Crippen molar-refractivity contribution in [1.82, 2.24) is 14.8 Å². The summed E-state index contributed by atoms with van der Waals surface area (Å²) in [5, 5.41) is 0.653. The molecule has 5 rings (SSSR count). The third-order valence-electron chi connectivity index (χ3n) is 5.68. The number of nitrogens with zero attached hydrogens (tertiary/aromatic N) is 3. The maximum Gasteiger partial charge on any atom is 0.254 e. The largest absolute Gasteiger partial charge is 0.338 e. The predicted octanol–water partition coefficient (Wildman–Crippen LogP) is 3.16. The molecule has 4 heterocycles. The number of carbonyl (C=O) groups excluding carboxylic acids is 2. The highest BCUT2D eigenvalue weighted by Crippen LogP contribution is 2.31. The van der Waals surface area contributed by atoms with E-state index >= 15 is 0 Å². The number of carbonyl (C=O) groups is 2. The molecule has 5 nitrogen and oxygen atoms in total. The van der Waals surface area contributed by atoms with E-state index in [4.69, 9.17) is 0 Å². The molecule has 6 heteroatoms. The number of rotatable bonds is 3. The molecule has 3 fully saturated rings. The quantitative estimate of drug-likeness (QED) is 0.835. The fraction of sp³-hybridized carbons (Fsp3) is 0.476. The first kappa shape index (κ1) is 17.9. The molecule has 27 heavy (non-hydrogen) atoms. The topological polar surface area (TPSA) is 53.5 Å². The number of amides is 2. The van der Waals surface area contributed by atoms with Gasteiger partial charge in [-0.1, -0.05) is 6.92 Å². The molecule has 3 saturated heterocycles.